The molecule has 1 heterocycles. The van der Waals surface area contributed by atoms with Crippen molar-refractivity contribution in [1.82, 2.24) is 5.32 Å². The minimum absolute atomic E-state index is 0.140. The fourth-order valence-electron chi connectivity index (χ4n) is 1.87. The first-order chi connectivity index (χ1) is 8.72. The molecule has 1 aromatic carbocycles. The lowest BCUT2D eigenvalue weighted by Gasteiger charge is -2.19. The first-order valence-electron chi connectivity index (χ1n) is 5.92. The molecule has 0 fully saturated rings. The normalized spacial score (nSPS) is 12.6. The molecule has 4 heteroatoms. The van der Waals surface area contributed by atoms with Gasteiger partial charge in [0, 0.05) is 10.0 Å². The van der Waals surface area contributed by atoms with Crippen LogP contribution in [0.4, 0.5) is 0 Å². The second-order valence-electron chi connectivity index (χ2n) is 4.11. The van der Waals surface area contributed by atoms with Crippen molar-refractivity contribution in [3.8, 4) is 0 Å². The van der Waals surface area contributed by atoms with Crippen molar-refractivity contribution in [3.05, 3.63) is 56.2 Å². The van der Waals surface area contributed by atoms with Gasteiger partial charge in [0.25, 0.3) is 0 Å². The van der Waals surface area contributed by atoms with Crippen molar-refractivity contribution in [3.63, 3.8) is 0 Å². The summed E-state index contributed by atoms with van der Waals surface area (Å²) in [4.78, 5) is 0. The van der Waals surface area contributed by atoms with Crippen LogP contribution in [0.15, 0.2) is 35.0 Å². The summed E-state index contributed by atoms with van der Waals surface area (Å²) in [6, 6.07) is 7.95. The van der Waals surface area contributed by atoms with Gasteiger partial charge >= 0.3 is 0 Å². The van der Waals surface area contributed by atoms with Crippen molar-refractivity contribution < 1.29 is 0 Å². The van der Waals surface area contributed by atoms with E-state index in [0.717, 1.165) is 18.5 Å². The highest BCUT2D eigenvalue weighted by molar-refractivity contribution is 7.08. The van der Waals surface area contributed by atoms with Crippen LogP contribution >= 0.6 is 34.5 Å². The lowest BCUT2D eigenvalue weighted by Crippen LogP contribution is -2.23. The molecule has 0 amide bonds. The predicted molar refractivity (Wildman–Crippen MR) is 80.9 cm³/mol. The molecule has 0 radical (unpaired) electrons. The quantitative estimate of drug-likeness (QED) is 0.805. The van der Waals surface area contributed by atoms with Crippen LogP contribution in [-0.2, 0) is 0 Å². The van der Waals surface area contributed by atoms with Gasteiger partial charge in [0.2, 0.25) is 0 Å². The Morgan fingerprint density at radius 1 is 1.28 bits per heavy atom. The molecule has 0 bridgehead atoms. The first kappa shape index (κ1) is 13.9. The minimum Gasteiger partial charge on any atom is -0.306 e. The molecule has 18 heavy (non-hydrogen) atoms. The fraction of sp³-hybridized carbons (Fsp3) is 0.286. The Kier molecular flexibility index (Phi) is 5.07. The van der Waals surface area contributed by atoms with E-state index in [1.165, 1.54) is 5.56 Å². The molecule has 1 atom stereocenters. The average Bonchev–Trinajstić information content (AvgIpc) is 2.85. The van der Waals surface area contributed by atoms with E-state index in [4.69, 9.17) is 23.2 Å². The van der Waals surface area contributed by atoms with Gasteiger partial charge in [0.1, 0.15) is 0 Å². The molecule has 0 saturated heterocycles. The van der Waals surface area contributed by atoms with Crippen molar-refractivity contribution in [2.24, 2.45) is 0 Å². The molecule has 1 nitrogen and oxygen atoms in total. The maximum Gasteiger partial charge on any atom is 0.0599 e. The number of rotatable bonds is 5. The van der Waals surface area contributed by atoms with Gasteiger partial charge in [-0.05, 0) is 53.1 Å². The Hall–Kier alpha value is -0.540. The van der Waals surface area contributed by atoms with E-state index in [1.54, 1.807) is 17.4 Å². The zero-order chi connectivity index (χ0) is 13.0. The number of hydrogen-bond donors (Lipinski definition) is 1. The number of halogens is 2. The summed E-state index contributed by atoms with van der Waals surface area (Å²) in [6.07, 6.45) is 1.09. The molecule has 0 aliphatic rings. The zero-order valence-corrected chi connectivity index (χ0v) is 12.4. The van der Waals surface area contributed by atoms with Crippen LogP contribution in [0.1, 0.15) is 30.5 Å². The molecule has 1 aromatic heterocycles. The van der Waals surface area contributed by atoms with E-state index in [-0.39, 0.29) is 6.04 Å². The average molecular weight is 300 g/mol. The van der Waals surface area contributed by atoms with E-state index >= 15 is 0 Å². The van der Waals surface area contributed by atoms with Crippen LogP contribution in [0.2, 0.25) is 10.0 Å². The Labute approximate surface area is 122 Å². The standard InChI is InChI=1S/C14H15Cl2NS/c1-2-6-17-14(10-5-7-18-9-10)12-4-3-11(15)8-13(12)16/h3-5,7-9,14,17H,2,6H2,1H3. The van der Waals surface area contributed by atoms with E-state index in [0.29, 0.717) is 10.0 Å². The molecular weight excluding hydrogens is 285 g/mol. The Balaban J connectivity index is 2.33. The van der Waals surface area contributed by atoms with Crippen LogP contribution in [0.3, 0.4) is 0 Å². The summed E-state index contributed by atoms with van der Waals surface area (Å²) in [5.74, 6) is 0. The van der Waals surface area contributed by atoms with Crippen molar-refractivity contribution in [2.45, 2.75) is 19.4 Å². The Bertz CT molecular complexity index is 497. The molecule has 0 spiro atoms. The van der Waals surface area contributed by atoms with Gasteiger partial charge in [-0.2, -0.15) is 11.3 Å². The third kappa shape index (κ3) is 3.27. The highest BCUT2D eigenvalue weighted by Crippen LogP contribution is 2.31. The molecule has 2 rings (SSSR count). The van der Waals surface area contributed by atoms with Gasteiger partial charge in [-0.3, -0.25) is 0 Å². The van der Waals surface area contributed by atoms with Crippen LogP contribution in [0, 0.1) is 0 Å². The van der Waals surface area contributed by atoms with Gasteiger partial charge < -0.3 is 5.32 Å². The number of hydrogen-bond acceptors (Lipinski definition) is 2. The van der Waals surface area contributed by atoms with Gasteiger partial charge in [0.05, 0.1) is 6.04 Å². The molecule has 0 saturated carbocycles. The maximum atomic E-state index is 6.30. The van der Waals surface area contributed by atoms with Gasteiger partial charge in [0.15, 0.2) is 0 Å². The summed E-state index contributed by atoms with van der Waals surface area (Å²) in [5.41, 5.74) is 2.32. The Morgan fingerprint density at radius 3 is 2.72 bits per heavy atom. The molecule has 1 unspecified atom stereocenters. The van der Waals surface area contributed by atoms with E-state index in [9.17, 15) is 0 Å². The molecule has 96 valence electrons. The van der Waals surface area contributed by atoms with E-state index in [2.05, 4.69) is 29.1 Å². The van der Waals surface area contributed by atoms with Crippen LogP contribution in [0.25, 0.3) is 0 Å². The van der Waals surface area contributed by atoms with Crippen LogP contribution in [-0.4, -0.2) is 6.54 Å². The molecule has 0 aliphatic carbocycles. The second-order valence-corrected chi connectivity index (χ2v) is 5.73. The van der Waals surface area contributed by atoms with Crippen molar-refractivity contribution in [2.75, 3.05) is 6.54 Å². The van der Waals surface area contributed by atoms with Gasteiger partial charge in [-0.25, -0.2) is 0 Å². The predicted octanol–water partition coefficient (Wildman–Crippen LogP) is 5.14. The monoisotopic (exact) mass is 299 g/mol. The summed E-state index contributed by atoms with van der Waals surface area (Å²) in [7, 11) is 0. The molecular formula is C14H15Cl2NS. The number of benzene rings is 1. The summed E-state index contributed by atoms with van der Waals surface area (Å²) >= 11 is 13.9. The molecule has 2 aromatic rings. The highest BCUT2D eigenvalue weighted by atomic mass is 35.5. The molecule has 1 N–H and O–H groups in total. The topological polar surface area (TPSA) is 12.0 Å². The highest BCUT2D eigenvalue weighted by Gasteiger charge is 2.16. The largest absolute Gasteiger partial charge is 0.306 e. The minimum atomic E-state index is 0.140. The number of nitrogens with one attached hydrogen (secondary N) is 1. The summed E-state index contributed by atoms with van der Waals surface area (Å²) < 4.78 is 0. The van der Waals surface area contributed by atoms with E-state index < -0.39 is 0 Å². The lowest BCUT2D eigenvalue weighted by atomic mass is 10.0. The third-order valence-electron chi connectivity index (χ3n) is 2.75. The smallest absolute Gasteiger partial charge is 0.0599 e. The first-order valence-corrected chi connectivity index (χ1v) is 7.62. The SMILES string of the molecule is CCCNC(c1ccsc1)c1ccc(Cl)cc1Cl. The lowest BCUT2D eigenvalue weighted by molar-refractivity contribution is 0.600. The van der Waals surface area contributed by atoms with Crippen molar-refractivity contribution in [1.29, 1.82) is 0 Å². The van der Waals surface area contributed by atoms with Crippen LogP contribution < -0.4 is 5.32 Å². The summed E-state index contributed by atoms with van der Waals surface area (Å²) in [5, 5.41) is 9.14. The second kappa shape index (κ2) is 6.58. The summed E-state index contributed by atoms with van der Waals surface area (Å²) in [6.45, 7) is 3.11. The zero-order valence-electron chi connectivity index (χ0n) is 10.1. The third-order valence-corrected chi connectivity index (χ3v) is 4.01. The fourth-order valence-corrected chi connectivity index (χ4v) is 3.07. The van der Waals surface area contributed by atoms with Gasteiger partial charge in [-0.15, -0.1) is 0 Å². The van der Waals surface area contributed by atoms with E-state index in [1.807, 2.05) is 12.1 Å². The van der Waals surface area contributed by atoms with Crippen LogP contribution in [0.5, 0.6) is 0 Å². The Morgan fingerprint density at radius 2 is 2.11 bits per heavy atom. The molecule has 0 aliphatic heterocycles. The van der Waals surface area contributed by atoms with Crippen molar-refractivity contribution >= 4 is 34.5 Å². The maximum absolute atomic E-state index is 6.30. The van der Waals surface area contributed by atoms with Gasteiger partial charge in [-0.1, -0.05) is 36.2 Å². The number of thiophene rings is 1.